The molecule has 0 spiro atoms. The van der Waals surface area contributed by atoms with Gasteiger partial charge in [-0.25, -0.2) is 19.9 Å². The van der Waals surface area contributed by atoms with Gasteiger partial charge in [0.15, 0.2) is 0 Å². The molecule has 9 nitrogen and oxygen atoms in total. The van der Waals surface area contributed by atoms with Crippen molar-refractivity contribution in [2.75, 3.05) is 0 Å². The lowest BCUT2D eigenvalue weighted by atomic mass is 10.1. The summed E-state index contributed by atoms with van der Waals surface area (Å²) >= 11 is 0. The third kappa shape index (κ3) is 5.95. The predicted octanol–water partition coefficient (Wildman–Crippen LogP) is 14.4. The van der Waals surface area contributed by atoms with Gasteiger partial charge >= 0.3 is 0 Å². The van der Waals surface area contributed by atoms with Gasteiger partial charge in [0.25, 0.3) is 0 Å². The molecule has 14 aromatic rings. The smallest absolute Gasteiger partial charge is 0.234 e. The van der Waals surface area contributed by atoms with Gasteiger partial charge in [-0.15, -0.1) is 0 Å². The Labute approximate surface area is 382 Å². The van der Waals surface area contributed by atoms with Gasteiger partial charge in [-0.1, -0.05) is 84.9 Å². The molecule has 8 aromatic carbocycles. The Morgan fingerprint density at radius 3 is 1.07 bits per heavy atom. The molecule has 314 valence electrons. The van der Waals surface area contributed by atoms with E-state index in [1.807, 2.05) is 54.9 Å². The van der Waals surface area contributed by atoms with Gasteiger partial charge in [-0.2, -0.15) is 0 Å². The van der Waals surface area contributed by atoms with Crippen LogP contribution in [-0.2, 0) is 0 Å². The van der Waals surface area contributed by atoms with Crippen LogP contribution in [-0.4, -0.2) is 33.6 Å². The summed E-state index contributed by atoms with van der Waals surface area (Å²) in [5.74, 6) is 5.01. The molecule has 9 heteroatoms. The summed E-state index contributed by atoms with van der Waals surface area (Å²) in [6, 6.07) is 64.6. The molecular formula is C58H35N7O2. The zero-order valence-corrected chi connectivity index (χ0v) is 35.7. The van der Waals surface area contributed by atoms with Crippen LogP contribution < -0.4 is 9.47 Å². The number of fused-ring (bicyclic) bond motifs is 11. The molecule has 0 radical (unpaired) electrons. The molecule has 14 rings (SSSR count). The fourth-order valence-electron chi connectivity index (χ4n) is 9.91. The lowest BCUT2D eigenvalue weighted by molar-refractivity contribution is 0.484. The van der Waals surface area contributed by atoms with Crippen LogP contribution in [0, 0.1) is 0 Å². The predicted molar refractivity (Wildman–Crippen MR) is 269 cm³/mol. The van der Waals surface area contributed by atoms with Gasteiger partial charge in [-0.05, 0) is 89.6 Å². The third-order valence-electron chi connectivity index (χ3n) is 12.9. The molecule has 0 amide bonds. The Hall–Kier alpha value is -9.34. The first-order valence-electron chi connectivity index (χ1n) is 22.2. The highest BCUT2D eigenvalue weighted by Crippen LogP contribution is 2.40. The van der Waals surface area contributed by atoms with Crippen molar-refractivity contribution in [3.63, 3.8) is 0 Å². The van der Waals surface area contributed by atoms with E-state index in [0.29, 0.717) is 28.9 Å². The zero-order valence-electron chi connectivity index (χ0n) is 35.7. The van der Waals surface area contributed by atoms with E-state index in [9.17, 15) is 0 Å². The number of ether oxygens (including phenoxy) is 2. The third-order valence-corrected chi connectivity index (χ3v) is 12.9. The normalized spacial score (nSPS) is 11.9. The van der Waals surface area contributed by atoms with Crippen molar-refractivity contribution in [1.29, 1.82) is 0 Å². The molecule has 0 aliphatic rings. The summed E-state index contributed by atoms with van der Waals surface area (Å²) in [5.41, 5.74) is 5.98. The minimum absolute atomic E-state index is 0.541. The Morgan fingerprint density at radius 1 is 0.284 bits per heavy atom. The summed E-state index contributed by atoms with van der Waals surface area (Å²) in [4.78, 5) is 19.3. The Balaban J connectivity index is 0.859. The minimum Gasteiger partial charge on any atom is -0.457 e. The highest BCUT2D eigenvalue weighted by Gasteiger charge is 2.19. The van der Waals surface area contributed by atoms with Crippen molar-refractivity contribution in [2.24, 2.45) is 0 Å². The van der Waals surface area contributed by atoms with Crippen LogP contribution in [0.25, 0.3) is 105 Å². The number of benzene rings is 8. The molecule has 0 aliphatic carbocycles. The van der Waals surface area contributed by atoms with Crippen LogP contribution in [0.1, 0.15) is 0 Å². The molecule has 0 aliphatic heterocycles. The fraction of sp³-hybridized carbons (Fsp3) is 0. The SMILES string of the molecule is c1cnc(-n2c3cc(Oc4ccc5c6ccccc6n(-c6cc7ccccc7cn6)c5c4)ccc3c3ccc(Oc4ccc5c6ccccc6n(-c6cc7ccccc7cn6)c5c4)cc32)nc1. The maximum absolute atomic E-state index is 6.74. The summed E-state index contributed by atoms with van der Waals surface area (Å²) in [6.45, 7) is 0. The number of para-hydroxylation sites is 2. The number of nitrogens with zero attached hydrogens (tertiary/aromatic N) is 7. The minimum atomic E-state index is 0.541. The van der Waals surface area contributed by atoms with Gasteiger partial charge in [0, 0.05) is 92.1 Å². The average molecular weight is 862 g/mol. The fourth-order valence-corrected chi connectivity index (χ4v) is 9.91. The zero-order chi connectivity index (χ0) is 44.0. The van der Waals surface area contributed by atoms with E-state index in [-0.39, 0.29) is 0 Å². The number of rotatable bonds is 7. The quantitative estimate of drug-likeness (QED) is 0.159. The lowest BCUT2D eigenvalue weighted by Gasteiger charge is -2.11. The van der Waals surface area contributed by atoms with Crippen molar-refractivity contribution in [3.05, 3.63) is 213 Å². The van der Waals surface area contributed by atoms with Crippen molar-refractivity contribution >= 4 is 87.0 Å². The van der Waals surface area contributed by atoms with Crippen molar-refractivity contribution in [3.8, 4) is 40.6 Å². The Bertz CT molecular complexity index is 4050. The lowest BCUT2D eigenvalue weighted by Crippen LogP contribution is -2.00. The summed E-state index contributed by atoms with van der Waals surface area (Å²) < 4.78 is 20.0. The van der Waals surface area contributed by atoms with Crippen LogP contribution in [0.4, 0.5) is 0 Å². The molecule has 0 atom stereocenters. The molecule has 0 unspecified atom stereocenters. The topological polar surface area (TPSA) is 84.8 Å². The van der Waals surface area contributed by atoms with E-state index >= 15 is 0 Å². The van der Waals surface area contributed by atoms with Crippen LogP contribution >= 0.6 is 0 Å². The van der Waals surface area contributed by atoms with Gasteiger partial charge in [-0.3, -0.25) is 13.7 Å². The highest BCUT2D eigenvalue weighted by atomic mass is 16.5. The maximum atomic E-state index is 6.74. The van der Waals surface area contributed by atoms with E-state index in [1.165, 1.54) is 0 Å². The Morgan fingerprint density at radius 2 is 0.642 bits per heavy atom. The van der Waals surface area contributed by atoms with E-state index in [1.54, 1.807) is 12.4 Å². The number of hydrogen-bond acceptors (Lipinski definition) is 6. The average Bonchev–Trinajstić information content (AvgIpc) is 4.01. The first kappa shape index (κ1) is 37.1. The summed E-state index contributed by atoms with van der Waals surface area (Å²) in [5, 5.41) is 11.1. The van der Waals surface area contributed by atoms with Gasteiger partial charge in [0.2, 0.25) is 5.95 Å². The number of hydrogen-bond donors (Lipinski definition) is 0. The van der Waals surface area contributed by atoms with Crippen molar-refractivity contribution in [1.82, 2.24) is 33.6 Å². The van der Waals surface area contributed by atoms with Crippen LogP contribution in [0.5, 0.6) is 23.0 Å². The van der Waals surface area contributed by atoms with Gasteiger partial charge in [0.1, 0.15) is 34.6 Å². The number of aromatic nitrogens is 7. The molecule has 0 saturated heterocycles. The molecule has 0 bridgehead atoms. The standard InChI is InChI=1S/C58H35N7O2/c1-3-12-38-34-61-56(28-36(38)10-1)63-50-16-7-5-14-44(50)46-22-18-40(30-52(46)63)66-42-20-24-48-49-25-21-43(33-55(49)65(54(48)32-42)58-59-26-9-27-60-58)67-41-19-23-47-45-15-6-8-17-51(45)64(53(47)31-41)57-29-37-11-2-4-13-39(37)35-62-57/h1-35H. The van der Waals surface area contributed by atoms with E-state index in [4.69, 9.17) is 29.4 Å². The largest absolute Gasteiger partial charge is 0.457 e. The second-order valence-electron chi connectivity index (χ2n) is 16.8. The second kappa shape index (κ2) is 14.6. The highest BCUT2D eigenvalue weighted by molar-refractivity contribution is 6.12. The van der Waals surface area contributed by atoms with Gasteiger partial charge in [0.05, 0.1) is 33.1 Å². The summed E-state index contributed by atoms with van der Waals surface area (Å²) in [6.07, 6.45) is 7.41. The van der Waals surface area contributed by atoms with Crippen molar-refractivity contribution in [2.45, 2.75) is 0 Å². The molecule has 6 aromatic heterocycles. The molecule has 6 heterocycles. The number of pyridine rings is 2. The van der Waals surface area contributed by atoms with E-state index in [2.05, 4.69) is 159 Å². The summed E-state index contributed by atoms with van der Waals surface area (Å²) in [7, 11) is 0. The molecule has 0 fully saturated rings. The molecule has 0 saturated carbocycles. The molecular weight excluding hydrogens is 827 g/mol. The van der Waals surface area contributed by atoms with Crippen LogP contribution in [0.15, 0.2) is 213 Å². The van der Waals surface area contributed by atoms with Crippen molar-refractivity contribution < 1.29 is 9.47 Å². The molecule has 0 N–H and O–H groups in total. The van der Waals surface area contributed by atoms with Gasteiger partial charge < -0.3 is 9.47 Å². The first-order valence-corrected chi connectivity index (χ1v) is 22.2. The Kier molecular flexibility index (Phi) is 8.08. The second-order valence-corrected chi connectivity index (χ2v) is 16.8. The monoisotopic (exact) mass is 861 g/mol. The van der Waals surface area contributed by atoms with E-state index in [0.717, 1.165) is 98.6 Å². The van der Waals surface area contributed by atoms with Crippen LogP contribution in [0.3, 0.4) is 0 Å². The van der Waals surface area contributed by atoms with E-state index < -0.39 is 0 Å². The first-order chi connectivity index (χ1) is 33.2. The maximum Gasteiger partial charge on any atom is 0.234 e. The van der Waals surface area contributed by atoms with Crippen LogP contribution in [0.2, 0.25) is 0 Å². The molecule has 67 heavy (non-hydrogen) atoms.